The van der Waals surface area contributed by atoms with Crippen LogP contribution in [0.4, 0.5) is 0 Å². The van der Waals surface area contributed by atoms with Crippen molar-refractivity contribution >= 4 is 120 Å². The Kier molecular flexibility index (Phi) is 14.3. The summed E-state index contributed by atoms with van der Waals surface area (Å²) in [5, 5.41) is 13.5. The molecule has 23 aromatic rings. The fourth-order valence-electron chi connectivity index (χ4n) is 16.0. The van der Waals surface area contributed by atoms with E-state index in [4.69, 9.17) is 48.7 Å². The zero-order valence-corrected chi connectivity index (χ0v) is 58.8. The van der Waals surface area contributed by atoms with E-state index >= 15 is 0 Å². The number of pyridine rings is 2. The summed E-state index contributed by atoms with van der Waals surface area (Å²) in [7, 11) is 0. The lowest BCUT2D eigenvalue weighted by atomic mass is 9.95. The van der Waals surface area contributed by atoms with Crippen LogP contribution in [0.15, 0.2) is 361 Å². The molecule has 0 atom stereocenters. The molecule has 110 heavy (non-hydrogen) atoms. The minimum absolute atomic E-state index is 0.629. The van der Waals surface area contributed by atoms with Gasteiger partial charge in [-0.3, -0.25) is 8.80 Å². The van der Waals surface area contributed by atoms with E-state index in [1.807, 2.05) is 146 Å². The summed E-state index contributed by atoms with van der Waals surface area (Å²) in [5.74, 6) is 3.83. The summed E-state index contributed by atoms with van der Waals surface area (Å²) in [6.45, 7) is 0. The third kappa shape index (κ3) is 10.5. The molecule has 8 heterocycles. The summed E-state index contributed by atoms with van der Waals surface area (Å²) < 4.78 is 16.7. The summed E-state index contributed by atoms with van der Waals surface area (Å²) >= 11 is 0. The van der Waals surface area contributed by atoms with Crippen molar-refractivity contribution in [3.05, 3.63) is 352 Å². The van der Waals surface area contributed by atoms with Crippen molar-refractivity contribution in [1.82, 2.24) is 48.7 Å². The van der Waals surface area contributed by atoms with Crippen molar-refractivity contribution in [2.45, 2.75) is 0 Å². The highest BCUT2D eigenvalue weighted by molar-refractivity contribution is 6.26. The molecular weight excluding hydrogens is 1350 g/mol. The van der Waals surface area contributed by atoms with Gasteiger partial charge in [-0.15, -0.1) is 0 Å². The van der Waals surface area contributed by atoms with Crippen LogP contribution in [-0.4, -0.2) is 48.7 Å². The Hall–Kier alpha value is -15.1. The van der Waals surface area contributed by atoms with Crippen molar-refractivity contribution in [2.75, 3.05) is 0 Å². The maximum absolute atomic E-state index is 6.11. The maximum atomic E-state index is 6.11. The monoisotopic (exact) mass is 1410 g/mol. The van der Waals surface area contributed by atoms with E-state index in [0.29, 0.717) is 34.9 Å². The first-order chi connectivity index (χ1) is 54.5. The van der Waals surface area contributed by atoms with Gasteiger partial charge in [0.2, 0.25) is 0 Å². The topological polar surface area (TPSA) is 138 Å². The molecule has 8 aromatic heterocycles. The second kappa shape index (κ2) is 25.3. The molecule has 12 heteroatoms. The van der Waals surface area contributed by atoms with Gasteiger partial charge < -0.3 is 8.83 Å². The van der Waals surface area contributed by atoms with Crippen molar-refractivity contribution < 1.29 is 8.83 Å². The molecule has 0 N–H and O–H groups in total. The molecule has 0 saturated carbocycles. The van der Waals surface area contributed by atoms with Gasteiger partial charge in [0, 0.05) is 88.9 Å². The predicted octanol–water partition coefficient (Wildman–Crippen LogP) is 24.8. The van der Waals surface area contributed by atoms with Crippen LogP contribution in [0.3, 0.4) is 0 Å². The zero-order valence-electron chi connectivity index (χ0n) is 58.8. The van der Waals surface area contributed by atoms with Gasteiger partial charge in [-0.2, -0.15) is 0 Å². The molecule has 0 bridgehead atoms. The van der Waals surface area contributed by atoms with Crippen molar-refractivity contribution in [3.8, 4) is 102 Å². The molecule has 0 aliphatic heterocycles. The number of benzene rings is 15. The van der Waals surface area contributed by atoms with Gasteiger partial charge in [-0.1, -0.05) is 261 Å². The van der Waals surface area contributed by atoms with Crippen LogP contribution in [-0.2, 0) is 0 Å². The molecule has 12 nitrogen and oxygen atoms in total. The molecule has 15 aromatic carbocycles. The van der Waals surface area contributed by atoms with Gasteiger partial charge in [-0.05, 0) is 134 Å². The number of hydrogen-bond donors (Lipinski definition) is 0. The summed E-state index contributed by atoms with van der Waals surface area (Å²) in [5.41, 5.74) is 21.8. The van der Waals surface area contributed by atoms with Crippen LogP contribution in [0, 0.1) is 0 Å². The number of nitrogens with zero attached hydrogens (tertiary/aromatic N) is 10. The Morgan fingerprint density at radius 3 is 0.891 bits per heavy atom. The first kappa shape index (κ1) is 62.3. The van der Waals surface area contributed by atoms with E-state index in [9.17, 15) is 0 Å². The van der Waals surface area contributed by atoms with E-state index in [1.165, 1.54) is 10.8 Å². The molecule has 0 aliphatic carbocycles. The fraction of sp³-hybridized carbons (Fsp3) is 0. The minimum Gasteiger partial charge on any atom is -0.456 e. The highest BCUT2D eigenvalue weighted by Gasteiger charge is 2.22. The van der Waals surface area contributed by atoms with Crippen LogP contribution < -0.4 is 0 Å². The minimum atomic E-state index is 0.629. The molecular formula is C98H58N10O2. The van der Waals surface area contributed by atoms with Gasteiger partial charge in [-0.25, -0.2) is 39.9 Å². The Balaban J connectivity index is 0.000000136. The molecule has 23 rings (SSSR count). The van der Waals surface area contributed by atoms with Gasteiger partial charge >= 0.3 is 0 Å². The molecule has 512 valence electrons. The van der Waals surface area contributed by atoms with E-state index in [0.717, 1.165) is 176 Å². The lowest BCUT2D eigenvalue weighted by Crippen LogP contribution is -2.00. The Bertz CT molecular complexity index is 7550. The smallest absolute Gasteiger partial charge is 0.164 e. The van der Waals surface area contributed by atoms with Crippen LogP contribution >= 0.6 is 0 Å². The third-order valence-corrected chi connectivity index (χ3v) is 21.3. The first-order valence-corrected chi connectivity index (χ1v) is 36.7. The largest absolute Gasteiger partial charge is 0.456 e. The van der Waals surface area contributed by atoms with E-state index in [-0.39, 0.29) is 0 Å². The summed E-state index contributed by atoms with van der Waals surface area (Å²) in [4.78, 5) is 40.4. The Morgan fingerprint density at radius 2 is 0.464 bits per heavy atom. The van der Waals surface area contributed by atoms with Gasteiger partial charge in [0.15, 0.2) is 34.9 Å². The zero-order chi connectivity index (χ0) is 72.3. The van der Waals surface area contributed by atoms with E-state index in [2.05, 4.69) is 215 Å². The fourth-order valence-corrected chi connectivity index (χ4v) is 16.0. The van der Waals surface area contributed by atoms with Crippen molar-refractivity contribution in [3.63, 3.8) is 0 Å². The van der Waals surface area contributed by atoms with Crippen LogP contribution in [0.25, 0.3) is 222 Å². The molecule has 0 saturated heterocycles. The molecule has 0 spiro atoms. The molecule has 0 radical (unpaired) electrons. The number of hydrogen-bond acceptors (Lipinski definition) is 10. The molecule has 0 aliphatic rings. The normalized spacial score (nSPS) is 11.8. The SMILES string of the molecule is c1ccc(-c2nc(-c3ccccc3)nc(-c3ccc4c(c3)c3ccccc3c3nc5cc(-c6ccc7oc8ccccc8c7c6)ccn5c43)n2)cc1.c1ccc(-c2nc(-c3ccccc3)nc(-c3cccc(-c4ccc5c(c4)c4ccccc4c4nc6cc(-c7ccc8oc9ccccc9c8c7)ccn6c54)c3)n2)cc1. The number of rotatable bonds is 9. The number of imidazole rings is 2. The Labute approximate surface area is 627 Å². The predicted molar refractivity (Wildman–Crippen MR) is 446 cm³/mol. The third-order valence-electron chi connectivity index (χ3n) is 21.3. The molecule has 0 unspecified atom stereocenters. The molecule has 0 amide bonds. The van der Waals surface area contributed by atoms with E-state index in [1.54, 1.807) is 0 Å². The first-order valence-electron chi connectivity index (χ1n) is 36.7. The highest BCUT2D eigenvalue weighted by Crippen LogP contribution is 2.43. The van der Waals surface area contributed by atoms with Crippen LogP contribution in [0.5, 0.6) is 0 Å². The van der Waals surface area contributed by atoms with E-state index < -0.39 is 0 Å². The second-order valence-corrected chi connectivity index (χ2v) is 27.8. The van der Waals surface area contributed by atoms with Crippen molar-refractivity contribution in [2.24, 2.45) is 0 Å². The highest BCUT2D eigenvalue weighted by atomic mass is 16.3. The Morgan fingerprint density at radius 1 is 0.173 bits per heavy atom. The number of aromatic nitrogens is 10. The summed E-state index contributed by atoms with van der Waals surface area (Å²) in [6.07, 6.45) is 4.30. The average Bonchev–Trinajstić information content (AvgIpc) is 1.54. The molecule has 0 fully saturated rings. The lowest BCUT2D eigenvalue weighted by molar-refractivity contribution is 0.668. The maximum Gasteiger partial charge on any atom is 0.164 e. The van der Waals surface area contributed by atoms with Crippen molar-refractivity contribution in [1.29, 1.82) is 0 Å². The number of para-hydroxylation sites is 2. The van der Waals surface area contributed by atoms with Gasteiger partial charge in [0.25, 0.3) is 0 Å². The second-order valence-electron chi connectivity index (χ2n) is 27.8. The quantitative estimate of drug-likeness (QED) is 0.128. The van der Waals surface area contributed by atoms with Gasteiger partial charge in [0.05, 0.1) is 22.1 Å². The van der Waals surface area contributed by atoms with Crippen LogP contribution in [0.1, 0.15) is 0 Å². The lowest BCUT2D eigenvalue weighted by Gasteiger charge is -2.11. The number of furan rings is 2. The number of fused-ring (bicyclic) bond motifs is 22. The average molecular weight is 1410 g/mol. The summed E-state index contributed by atoms with van der Waals surface area (Å²) in [6, 6.07) is 117. The van der Waals surface area contributed by atoms with Crippen LogP contribution in [0.2, 0.25) is 0 Å². The standard InChI is InChI=1S/C52H31N5O.C46H27N5O/c1-3-12-32(13-4-1)50-54-51(33-14-5-2-6-15-33)56-52(55-50)38-17-11-16-34(28-38)35-22-24-42-43(29-35)39-18-7-8-20-41(39)48-49(42)57-27-26-37(31-47(57)53-48)36-23-25-46-44(30-36)40-19-9-10-21-45(40)58-46;1-3-11-28(12-4-1)44-48-45(29-13-5-2-6-14-29)50-46(49-44)32-19-21-36-37(26-32)33-15-7-8-17-35(33)42-43(36)51-24-23-31(27-41(51)47-42)30-20-22-40-38(25-30)34-16-9-10-18-39(34)52-40/h1-31H;1-27H. The van der Waals surface area contributed by atoms with Gasteiger partial charge in [0.1, 0.15) is 33.6 Å².